The highest BCUT2D eigenvalue weighted by Gasteiger charge is 2.51. The van der Waals surface area contributed by atoms with E-state index in [1.807, 2.05) is 0 Å². The monoisotopic (exact) mass is 454 g/mol. The number of nitriles is 1. The number of anilines is 1. The number of aromatic nitrogens is 3. The molecular weight excluding hydrogens is 433 g/mol. The Labute approximate surface area is 187 Å². The summed E-state index contributed by atoms with van der Waals surface area (Å²) in [5.41, 5.74) is -0.378. The number of amides is 1. The summed E-state index contributed by atoms with van der Waals surface area (Å²) in [5, 5.41) is 15.5. The number of rotatable bonds is 5. The van der Waals surface area contributed by atoms with Gasteiger partial charge in [-0.2, -0.15) is 5.26 Å². The predicted molar refractivity (Wildman–Crippen MR) is 114 cm³/mol. The molecule has 2 unspecified atom stereocenters. The van der Waals surface area contributed by atoms with Crippen molar-refractivity contribution in [2.45, 2.75) is 50.6 Å². The molecule has 0 spiro atoms. The van der Waals surface area contributed by atoms with E-state index in [0.29, 0.717) is 30.3 Å². The number of carbonyl (C=O) groups is 1. The summed E-state index contributed by atoms with van der Waals surface area (Å²) in [6.07, 6.45) is 6.47. The maximum absolute atomic E-state index is 14.6. The van der Waals surface area contributed by atoms with Crippen molar-refractivity contribution in [3.63, 3.8) is 0 Å². The van der Waals surface area contributed by atoms with E-state index >= 15 is 0 Å². The van der Waals surface area contributed by atoms with Crippen molar-refractivity contribution < 1.29 is 18.0 Å². The first-order valence-corrected chi connectivity index (χ1v) is 10.9. The van der Waals surface area contributed by atoms with Crippen molar-refractivity contribution in [2.75, 3.05) is 5.32 Å². The second-order valence-electron chi connectivity index (χ2n) is 8.77. The predicted octanol–water partition coefficient (Wildman–Crippen LogP) is 4.19. The number of H-pyrrole nitrogens is 1. The lowest BCUT2D eigenvalue weighted by atomic mass is 9.90. The molecule has 5 rings (SSSR count). The van der Waals surface area contributed by atoms with Gasteiger partial charge in [0.25, 0.3) is 0 Å². The van der Waals surface area contributed by atoms with Crippen molar-refractivity contribution in [1.82, 2.24) is 20.3 Å². The summed E-state index contributed by atoms with van der Waals surface area (Å²) >= 11 is 0. The highest BCUT2D eigenvalue weighted by Crippen LogP contribution is 2.45. The molecule has 7 nitrogen and oxygen atoms in total. The van der Waals surface area contributed by atoms with E-state index in [1.165, 1.54) is 12.3 Å². The third-order valence-corrected chi connectivity index (χ3v) is 6.43. The Balaban J connectivity index is 1.36. The molecule has 0 aliphatic heterocycles. The molecule has 0 saturated heterocycles. The number of nitrogens with zero attached hydrogens (tertiary/aromatic N) is 3. The Morgan fingerprint density at radius 3 is 2.73 bits per heavy atom. The molecule has 10 heteroatoms. The lowest BCUT2D eigenvalue weighted by Crippen LogP contribution is -2.44. The molecule has 2 fully saturated rings. The van der Waals surface area contributed by atoms with E-state index in [4.69, 9.17) is 0 Å². The molecule has 3 aromatic rings. The van der Waals surface area contributed by atoms with E-state index in [1.54, 1.807) is 0 Å². The van der Waals surface area contributed by atoms with Gasteiger partial charge in [0.2, 0.25) is 5.91 Å². The molecule has 3 heterocycles. The van der Waals surface area contributed by atoms with Crippen LogP contribution in [0, 0.1) is 34.2 Å². The molecule has 0 radical (unpaired) electrons. The summed E-state index contributed by atoms with van der Waals surface area (Å²) < 4.78 is 42.9. The summed E-state index contributed by atoms with van der Waals surface area (Å²) in [6.45, 7) is 0. The van der Waals surface area contributed by atoms with Crippen LogP contribution in [0.4, 0.5) is 19.0 Å². The van der Waals surface area contributed by atoms with Crippen LogP contribution in [0.15, 0.2) is 24.5 Å². The van der Waals surface area contributed by atoms with Crippen molar-refractivity contribution >= 4 is 22.8 Å². The molecule has 2 aliphatic carbocycles. The number of nitrogens with one attached hydrogen (secondary N) is 3. The van der Waals surface area contributed by atoms with E-state index in [9.17, 15) is 23.2 Å². The zero-order valence-electron chi connectivity index (χ0n) is 17.6. The number of hydrogen-bond acceptors (Lipinski definition) is 5. The maximum Gasteiger partial charge on any atom is 0.240 e. The van der Waals surface area contributed by atoms with Crippen LogP contribution < -0.4 is 10.6 Å². The van der Waals surface area contributed by atoms with Gasteiger partial charge in [0.1, 0.15) is 22.6 Å². The van der Waals surface area contributed by atoms with Gasteiger partial charge in [0, 0.05) is 35.3 Å². The van der Waals surface area contributed by atoms with E-state index in [0.717, 1.165) is 31.5 Å². The summed E-state index contributed by atoms with van der Waals surface area (Å²) in [4.78, 5) is 23.3. The molecule has 33 heavy (non-hydrogen) atoms. The molecular formula is C23H21F3N6O. The molecule has 0 aromatic carbocycles. The molecule has 1 amide bonds. The van der Waals surface area contributed by atoms with Gasteiger partial charge in [0.15, 0.2) is 17.5 Å². The third-order valence-electron chi connectivity index (χ3n) is 6.43. The van der Waals surface area contributed by atoms with Gasteiger partial charge in [-0.3, -0.25) is 4.79 Å². The molecule has 3 N–H and O–H groups in total. The van der Waals surface area contributed by atoms with Gasteiger partial charge in [-0.25, -0.2) is 23.1 Å². The Kier molecular flexibility index (Phi) is 5.19. The highest BCUT2D eigenvalue weighted by molar-refractivity contribution is 5.92. The van der Waals surface area contributed by atoms with Crippen LogP contribution in [-0.4, -0.2) is 32.9 Å². The number of pyridine rings is 2. The van der Waals surface area contributed by atoms with Crippen LogP contribution in [0.5, 0.6) is 0 Å². The summed E-state index contributed by atoms with van der Waals surface area (Å²) in [5.74, 6) is -2.65. The minimum Gasteiger partial charge on any atom is -0.365 e. The van der Waals surface area contributed by atoms with Crippen LogP contribution in [0.25, 0.3) is 22.3 Å². The first-order chi connectivity index (χ1) is 15.9. The SMILES string of the molecule is N#CC1(C(=O)NC2CCCC(Nc3nc(-c4c[nH]c5ncc(F)cc45)c(F)cc3F)C2)CC1. The number of carbonyl (C=O) groups excluding carboxylic acids is 1. The number of hydrogen-bond donors (Lipinski definition) is 3. The largest absolute Gasteiger partial charge is 0.365 e. The standard InChI is InChI=1S/C23H21F3N6O/c24-12-6-15-16(10-29-20(15)28-9-12)19-17(25)8-18(26)21(32-19)30-13-2-1-3-14(7-13)31-22(33)23(11-27)4-5-23/h6,8-10,13-14H,1-5,7H2,(H,28,29)(H,30,32)(H,31,33). The second kappa shape index (κ2) is 8.06. The first kappa shape index (κ1) is 21.2. The molecule has 0 bridgehead atoms. The first-order valence-electron chi connectivity index (χ1n) is 10.9. The molecule has 2 saturated carbocycles. The van der Waals surface area contributed by atoms with Crippen LogP contribution in [0.1, 0.15) is 38.5 Å². The van der Waals surface area contributed by atoms with Crippen LogP contribution >= 0.6 is 0 Å². The van der Waals surface area contributed by atoms with Crippen molar-refractivity contribution in [3.05, 3.63) is 42.0 Å². The zero-order valence-corrected chi connectivity index (χ0v) is 17.6. The van der Waals surface area contributed by atoms with E-state index in [2.05, 4.69) is 31.7 Å². The van der Waals surface area contributed by atoms with Crippen LogP contribution in [-0.2, 0) is 4.79 Å². The molecule has 2 atom stereocenters. The fourth-order valence-corrected chi connectivity index (χ4v) is 4.41. The molecule has 170 valence electrons. The Bertz CT molecular complexity index is 1280. The smallest absolute Gasteiger partial charge is 0.240 e. The minimum atomic E-state index is -0.895. The van der Waals surface area contributed by atoms with Crippen LogP contribution in [0.2, 0.25) is 0 Å². The number of halogens is 3. The lowest BCUT2D eigenvalue weighted by Gasteiger charge is -2.31. The van der Waals surface area contributed by atoms with Gasteiger partial charge < -0.3 is 15.6 Å². The average molecular weight is 454 g/mol. The van der Waals surface area contributed by atoms with Gasteiger partial charge in [-0.15, -0.1) is 0 Å². The molecule has 3 aromatic heterocycles. The molecule has 2 aliphatic rings. The second-order valence-corrected chi connectivity index (χ2v) is 8.77. The van der Waals surface area contributed by atoms with Crippen molar-refractivity contribution in [3.8, 4) is 17.3 Å². The lowest BCUT2D eigenvalue weighted by molar-refractivity contribution is -0.125. The summed E-state index contributed by atoms with van der Waals surface area (Å²) in [6, 6.07) is 3.73. The Morgan fingerprint density at radius 1 is 1.18 bits per heavy atom. The minimum absolute atomic E-state index is 0.113. The fourth-order valence-electron chi connectivity index (χ4n) is 4.41. The number of fused-ring (bicyclic) bond motifs is 1. The normalized spacial score (nSPS) is 21.4. The summed E-state index contributed by atoms with van der Waals surface area (Å²) in [7, 11) is 0. The topological polar surface area (TPSA) is 106 Å². The van der Waals surface area contributed by atoms with Gasteiger partial charge >= 0.3 is 0 Å². The van der Waals surface area contributed by atoms with Crippen molar-refractivity contribution in [2.24, 2.45) is 5.41 Å². The van der Waals surface area contributed by atoms with Gasteiger partial charge in [-0.05, 0) is 44.6 Å². The zero-order chi connectivity index (χ0) is 23.2. The van der Waals surface area contributed by atoms with E-state index < -0.39 is 22.9 Å². The highest BCUT2D eigenvalue weighted by atomic mass is 19.1. The van der Waals surface area contributed by atoms with Crippen LogP contribution in [0.3, 0.4) is 0 Å². The average Bonchev–Trinajstić information content (AvgIpc) is 3.50. The Hall–Kier alpha value is -3.61. The maximum atomic E-state index is 14.6. The van der Waals surface area contributed by atoms with Gasteiger partial charge in [0.05, 0.1) is 12.3 Å². The quantitative estimate of drug-likeness (QED) is 0.536. The Morgan fingerprint density at radius 2 is 1.97 bits per heavy atom. The third kappa shape index (κ3) is 3.99. The van der Waals surface area contributed by atoms with Crippen molar-refractivity contribution in [1.29, 1.82) is 5.26 Å². The van der Waals surface area contributed by atoms with E-state index in [-0.39, 0.29) is 35.1 Å². The fraction of sp³-hybridized carbons (Fsp3) is 0.391. The van der Waals surface area contributed by atoms with Gasteiger partial charge in [-0.1, -0.05) is 0 Å². The number of aromatic amines is 1.